The van der Waals surface area contributed by atoms with Crippen molar-refractivity contribution >= 4 is 22.9 Å². The highest BCUT2D eigenvalue weighted by Crippen LogP contribution is 2.14. The van der Waals surface area contributed by atoms with E-state index in [1.807, 2.05) is 0 Å². The van der Waals surface area contributed by atoms with Gasteiger partial charge in [0.05, 0.1) is 0 Å². The molecule has 0 aliphatic heterocycles. The largest absolute Gasteiger partial charge is 0.471 e. The SMILES string of the molecule is CSC(=O)NC(=O)C(F)(F)F. The summed E-state index contributed by atoms with van der Waals surface area (Å²) in [6, 6.07) is 0. The van der Waals surface area contributed by atoms with Gasteiger partial charge in [-0.3, -0.25) is 14.9 Å². The monoisotopic (exact) mass is 187 g/mol. The molecule has 0 atom stereocenters. The van der Waals surface area contributed by atoms with E-state index in [9.17, 15) is 22.8 Å². The van der Waals surface area contributed by atoms with Crippen LogP contribution in [0, 0.1) is 0 Å². The molecular formula is C4H4F3NO2S. The smallest absolute Gasteiger partial charge is 0.279 e. The van der Waals surface area contributed by atoms with Crippen LogP contribution in [-0.4, -0.2) is 23.6 Å². The fourth-order valence-corrected chi connectivity index (χ4v) is 0.409. The number of amides is 2. The van der Waals surface area contributed by atoms with Gasteiger partial charge in [-0.25, -0.2) is 0 Å². The van der Waals surface area contributed by atoms with E-state index in [1.54, 1.807) is 0 Å². The Labute approximate surface area is 64.3 Å². The van der Waals surface area contributed by atoms with Gasteiger partial charge in [-0.05, 0) is 6.26 Å². The number of carbonyl (C=O) groups is 2. The van der Waals surface area contributed by atoms with Gasteiger partial charge < -0.3 is 0 Å². The van der Waals surface area contributed by atoms with E-state index in [4.69, 9.17) is 0 Å². The summed E-state index contributed by atoms with van der Waals surface area (Å²) >= 11 is 0.498. The van der Waals surface area contributed by atoms with E-state index < -0.39 is 17.3 Å². The zero-order chi connectivity index (χ0) is 9.07. The number of hydrogen-bond acceptors (Lipinski definition) is 3. The summed E-state index contributed by atoms with van der Waals surface area (Å²) in [7, 11) is 0. The number of rotatable bonds is 0. The number of imide groups is 1. The van der Waals surface area contributed by atoms with Crippen molar-refractivity contribution in [1.29, 1.82) is 0 Å². The minimum absolute atomic E-state index is 0.498. The molecule has 0 saturated carbocycles. The Bertz CT molecular complexity index is 179. The molecular weight excluding hydrogens is 183 g/mol. The minimum Gasteiger partial charge on any atom is -0.279 e. The molecule has 0 aromatic carbocycles. The molecule has 1 N–H and O–H groups in total. The van der Waals surface area contributed by atoms with E-state index in [0.29, 0.717) is 11.8 Å². The summed E-state index contributed by atoms with van der Waals surface area (Å²) in [5, 5.41) is 0.109. The Morgan fingerprint density at radius 3 is 2.09 bits per heavy atom. The van der Waals surface area contributed by atoms with E-state index in [0.717, 1.165) is 5.32 Å². The number of halogens is 3. The summed E-state index contributed by atoms with van der Waals surface area (Å²) in [6.45, 7) is 0. The van der Waals surface area contributed by atoms with Gasteiger partial charge in [-0.2, -0.15) is 13.2 Å². The molecule has 0 unspecified atom stereocenters. The highest BCUT2D eigenvalue weighted by molar-refractivity contribution is 8.13. The second-order valence-electron chi connectivity index (χ2n) is 1.44. The van der Waals surface area contributed by atoms with Gasteiger partial charge in [0.1, 0.15) is 0 Å². The van der Waals surface area contributed by atoms with E-state index in [-0.39, 0.29) is 0 Å². The van der Waals surface area contributed by atoms with Crippen molar-refractivity contribution in [3.05, 3.63) is 0 Å². The number of nitrogens with one attached hydrogen (secondary N) is 1. The summed E-state index contributed by atoms with van der Waals surface area (Å²) < 4.78 is 34.1. The fourth-order valence-electron chi connectivity index (χ4n) is 0.215. The lowest BCUT2D eigenvalue weighted by molar-refractivity contribution is -0.172. The van der Waals surface area contributed by atoms with Gasteiger partial charge in [0.25, 0.3) is 5.24 Å². The third-order valence-corrected chi connectivity index (χ3v) is 1.13. The number of thioether (sulfide) groups is 1. The lowest BCUT2D eigenvalue weighted by Crippen LogP contribution is -2.38. The molecule has 0 aliphatic rings. The maximum atomic E-state index is 11.4. The molecule has 0 aromatic rings. The number of hydrogen-bond donors (Lipinski definition) is 1. The van der Waals surface area contributed by atoms with Gasteiger partial charge in [0, 0.05) is 0 Å². The van der Waals surface area contributed by atoms with Gasteiger partial charge in [-0.1, -0.05) is 11.8 Å². The zero-order valence-corrected chi connectivity index (χ0v) is 6.18. The predicted octanol–water partition coefficient (Wildman–Crippen LogP) is 1.15. The summed E-state index contributed by atoms with van der Waals surface area (Å²) in [5.41, 5.74) is 0. The van der Waals surface area contributed by atoms with Gasteiger partial charge >= 0.3 is 12.1 Å². The van der Waals surface area contributed by atoms with Crippen LogP contribution in [0.5, 0.6) is 0 Å². The number of alkyl halides is 3. The molecule has 0 aromatic heterocycles. The quantitative estimate of drug-likeness (QED) is 0.618. The molecule has 0 aliphatic carbocycles. The van der Waals surface area contributed by atoms with Crippen molar-refractivity contribution in [3.63, 3.8) is 0 Å². The van der Waals surface area contributed by atoms with Crippen molar-refractivity contribution in [2.24, 2.45) is 0 Å². The van der Waals surface area contributed by atoms with Crippen molar-refractivity contribution in [3.8, 4) is 0 Å². The van der Waals surface area contributed by atoms with Crippen LogP contribution in [0.2, 0.25) is 0 Å². The molecule has 0 heterocycles. The van der Waals surface area contributed by atoms with Crippen molar-refractivity contribution in [2.75, 3.05) is 6.26 Å². The van der Waals surface area contributed by atoms with Crippen LogP contribution in [0.3, 0.4) is 0 Å². The topological polar surface area (TPSA) is 46.2 Å². The Kier molecular flexibility index (Phi) is 3.37. The zero-order valence-electron chi connectivity index (χ0n) is 5.36. The van der Waals surface area contributed by atoms with Crippen LogP contribution in [0.15, 0.2) is 0 Å². The highest BCUT2D eigenvalue weighted by atomic mass is 32.2. The molecule has 2 amide bonds. The Hall–Kier alpha value is -0.720. The summed E-state index contributed by atoms with van der Waals surface area (Å²) in [5.74, 6) is -2.24. The average molecular weight is 187 g/mol. The van der Waals surface area contributed by atoms with Crippen LogP contribution < -0.4 is 5.32 Å². The number of carbonyl (C=O) groups excluding carboxylic acids is 2. The van der Waals surface area contributed by atoms with Gasteiger partial charge in [-0.15, -0.1) is 0 Å². The third-order valence-electron chi connectivity index (χ3n) is 0.658. The van der Waals surface area contributed by atoms with E-state index in [2.05, 4.69) is 0 Å². The van der Waals surface area contributed by atoms with Gasteiger partial charge in [0.2, 0.25) is 0 Å². The van der Waals surface area contributed by atoms with Crippen LogP contribution in [0.1, 0.15) is 0 Å². The molecule has 64 valence electrons. The first-order valence-corrected chi connectivity index (χ1v) is 3.56. The van der Waals surface area contributed by atoms with Crippen molar-refractivity contribution in [2.45, 2.75) is 6.18 Å². The van der Waals surface area contributed by atoms with E-state index >= 15 is 0 Å². The second kappa shape index (κ2) is 3.61. The van der Waals surface area contributed by atoms with Crippen LogP contribution in [-0.2, 0) is 4.79 Å². The molecule has 0 fully saturated rings. The minimum atomic E-state index is -4.99. The van der Waals surface area contributed by atoms with Crippen LogP contribution in [0.4, 0.5) is 18.0 Å². The molecule has 0 saturated heterocycles. The third kappa shape index (κ3) is 3.87. The normalized spacial score (nSPS) is 10.9. The predicted molar refractivity (Wildman–Crippen MR) is 33.1 cm³/mol. The van der Waals surface area contributed by atoms with Gasteiger partial charge in [0.15, 0.2) is 0 Å². The standard InChI is InChI=1S/C4H4F3NO2S/c1-11-3(10)8-2(9)4(5,6)7/h1H3,(H,8,9,10). The second-order valence-corrected chi connectivity index (χ2v) is 2.22. The lowest BCUT2D eigenvalue weighted by atomic mass is 10.6. The first-order valence-electron chi connectivity index (χ1n) is 2.34. The molecule has 3 nitrogen and oxygen atoms in total. The molecule has 11 heavy (non-hydrogen) atoms. The Morgan fingerprint density at radius 2 is 1.82 bits per heavy atom. The first-order chi connectivity index (χ1) is 4.88. The lowest BCUT2D eigenvalue weighted by Gasteiger charge is -2.03. The molecule has 0 rings (SSSR count). The van der Waals surface area contributed by atoms with Crippen LogP contribution >= 0.6 is 11.8 Å². The highest BCUT2D eigenvalue weighted by Gasteiger charge is 2.39. The van der Waals surface area contributed by atoms with Crippen molar-refractivity contribution < 1.29 is 22.8 Å². The summed E-state index contributed by atoms with van der Waals surface area (Å²) in [4.78, 5) is 20.2. The van der Waals surface area contributed by atoms with Crippen molar-refractivity contribution in [1.82, 2.24) is 5.32 Å². The maximum Gasteiger partial charge on any atom is 0.471 e. The molecule has 0 radical (unpaired) electrons. The Balaban J connectivity index is 3.99. The fraction of sp³-hybridized carbons (Fsp3) is 0.500. The maximum absolute atomic E-state index is 11.4. The molecule has 0 spiro atoms. The Morgan fingerprint density at radius 1 is 1.36 bits per heavy atom. The average Bonchev–Trinajstić information content (AvgIpc) is 1.85. The van der Waals surface area contributed by atoms with Crippen LogP contribution in [0.25, 0.3) is 0 Å². The molecule has 0 bridgehead atoms. The van der Waals surface area contributed by atoms with E-state index in [1.165, 1.54) is 6.26 Å². The summed E-state index contributed by atoms with van der Waals surface area (Å²) in [6.07, 6.45) is -3.73. The first kappa shape index (κ1) is 10.3. The molecule has 7 heteroatoms.